The lowest BCUT2D eigenvalue weighted by atomic mass is 9.95. The molecule has 0 aromatic heterocycles. The van der Waals surface area contributed by atoms with E-state index in [-0.39, 0.29) is 0 Å². The molecule has 2 saturated carbocycles. The highest BCUT2D eigenvalue weighted by Crippen LogP contribution is 2.28. The summed E-state index contributed by atoms with van der Waals surface area (Å²) < 4.78 is 17.6. The molecule has 0 aromatic carbocycles. The SMILES string of the molecule is CCNC(=NCC(O)COCC1CC1)NC1CCCC(S(=O)CC)C1. The molecule has 0 saturated heterocycles. The number of nitrogens with one attached hydrogen (secondary N) is 2. The number of guanidine groups is 1. The van der Waals surface area contributed by atoms with Gasteiger partial charge in [-0.15, -0.1) is 0 Å². The second-order valence-electron chi connectivity index (χ2n) is 7.15. The molecular formula is C18H35N3O3S. The van der Waals surface area contributed by atoms with E-state index in [9.17, 15) is 9.32 Å². The Morgan fingerprint density at radius 1 is 1.32 bits per heavy atom. The minimum absolute atomic E-state index is 0.292. The molecule has 25 heavy (non-hydrogen) atoms. The van der Waals surface area contributed by atoms with Gasteiger partial charge in [0.05, 0.1) is 19.3 Å². The second-order valence-corrected chi connectivity index (χ2v) is 9.16. The summed E-state index contributed by atoms with van der Waals surface area (Å²) in [5, 5.41) is 17.0. The number of aliphatic hydroxyl groups excluding tert-OH is 1. The molecule has 2 aliphatic rings. The molecule has 0 amide bonds. The van der Waals surface area contributed by atoms with Crippen molar-refractivity contribution in [2.24, 2.45) is 10.9 Å². The maximum atomic E-state index is 12.1. The fourth-order valence-electron chi connectivity index (χ4n) is 3.17. The molecule has 7 heteroatoms. The Kier molecular flexibility index (Phi) is 9.20. The van der Waals surface area contributed by atoms with E-state index in [0.29, 0.717) is 30.4 Å². The monoisotopic (exact) mass is 373 g/mol. The summed E-state index contributed by atoms with van der Waals surface area (Å²) in [6.45, 7) is 6.24. The van der Waals surface area contributed by atoms with E-state index in [1.165, 1.54) is 12.8 Å². The highest BCUT2D eigenvalue weighted by molar-refractivity contribution is 7.85. The minimum Gasteiger partial charge on any atom is -0.389 e. The average molecular weight is 374 g/mol. The number of aliphatic imine (C=N–C) groups is 1. The fourth-order valence-corrected chi connectivity index (χ4v) is 4.52. The zero-order valence-electron chi connectivity index (χ0n) is 15.7. The van der Waals surface area contributed by atoms with Crippen LogP contribution >= 0.6 is 0 Å². The molecule has 3 N–H and O–H groups in total. The first-order valence-electron chi connectivity index (χ1n) is 9.80. The predicted molar refractivity (Wildman–Crippen MR) is 103 cm³/mol. The molecule has 146 valence electrons. The first kappa shape index (κ1) is 20.6. The van der Waals surface area contributed by atoms with Crippen LogP contribution in [0.1, 0.15) is 52.4 Å². The average Bonchev–Trinajstić information content (AvgIpc) is 3.44. The molecule has 0 radical (unpaired) electrons. The predicted octanol–water partition coefficient (Wildman–Crippen LogP) is 1.41. The second kappa shape index (κ2) is 11.1. The highest BCUT2D eigenvalue weighted by Gasteiger charge is 2.26. The third-order valence-corrected chi connectivity index (χ3v) is 6.53. The number of aliphatic hydroxyl groups is 1. The summed E-state index contributed by atoms with van der Waals surface area (Å²) in [5.74, 6) is 2.18. The summed E-state index contributed by atoms with van der Waals surface area (Å²) in [7, 11) is -0.723. The Morgan fingerprint density at radius 2 is 2.12 bits per heavy atom. The van der Waals surface area contributed by atoms with Crippen molar-refractivity contribution in [1.82, 2.24) is 10.6 Å². The van der Waals surface area contributed by atoms with Crippen molar-refractivity contribution in [1.29, 1.82) is 0 Å². The van der Waals surface area contributed by atoms with E-state index in [4.69, 9.17) is 4.74 Å². The Hall–Kier alpha value is -0.660. The molecule has 0 aliphatic heterocycles. The number of ether oxygens (including phenoxy) is 1. The zero-order chi connectivity index (χ0) is 18.1. The molecule has 4 unspecified atom stereocenters. The van der Waals surface area contributed by atoms with Gasteiger partial charge in [-0.2, -0.15) is 0 Å². The summed E-state index contributed by atoms with van der Waals surface area (Å²) in [4.78, 5) is 4.50. The largest absolute Gasteiger partial charge is 0.389 e. The van der Waals surface area contributed by atoms with Crippen LogP contribution in [0.15, 0.2) is 4.99 Å². The zero-order valence-corrected chi connectivity index (χ0v) is 16.5. The van der Waals surface area contributed by atoms with Gasteiger partial charge in [0.25, 0.3) is 0 Å². The van der Waals surface area contributed by atoms with Crippen LogP contribution in [0, 0.1) is 5.92 Å². The molecule has 0 heterocycles. The number of hydrogen-bond donors (Lipinski definition) is 3. The van der Waals surface area contributed by atoms with Gasteiger partial charge in [-0.05, 0) is 44.9 Å². The van der Waals surface area contributed by atoms with Crippen molar-refractivity contribution in [2.45, 2.75) is 69.8 Å². The molecule has 0 spiro atoms. The maximum Gasteiger partial charge on any atom is 0.191 e. The first-order chi connectivity index (χ1) is 12.1. The summed E-state index contributed by atoms with van der Waals surface area (Å²) in [5.41, 5.74) is 0. The summed E-state index contributed by atoms with van der Waals surface area (Å²) in [6, 6.07) is 0.301. The van der Waals surface area contributed by atoms with Crippen LogP contribution in [0.5, 0.6) is 0 Å². The van der Waals surface area contributed by atoms with E-state index in [2.05, 4.69) is 15.6 Å². The summed E-state index contributed by atoms with van der Waals surface area (Å²) >= 11 is 0. The quantitative estimate of drug-likeness (QED) is 0.398. The van der Waals surface area contributed by atoms with E-state index in [0.717, 1.165) is 50.5 Å². The normalized spacial score (nSPS) is 26.9. The molecule has 2 fully saturated rings. The van der Waals surface area contributed by atoms with Crippen molar-refractivity contribution in [3.8, 4) is 0 Å². The third kappa shape index (κ3) is 8.05. The lowest BCUT2D eigenvalue weighted by molar-refractivity contribution is 0.0368. The molecule has 2 aliphatic carbocycles. The van der Waals surface area contributed by atoms with Gasteiger partial charge < -0.3 is 20.5 Å². The maximum absolute atomic E-state index is 12.1. The molecule has 2 rings (SSSR count). The fraction of sp³-hybridized carbons (Fsp3) is 0.944. The smallest absolute Gasteiger partial charge is 0.191 e. The van der Waals surface area contributed by atoms with Crippen LogP contribution in [0.2, 0.25) is 0 Å². The van der Waals surface area contributed by atoms with Gasteiger partial charge in [-0.3, -0.25) is 9.20 Å². The van der Waals surface area contributed by atoms with E-state index in [1.54, 1.807) is 0 Å². The Balaban J connectivity index is 1.76. The molecule has 0 bridgehead atoms. The Morgan fingerprint density at radius 3 is 2.80 bits per heavy atom. The lowest BCUT2D eigenvalue weighted by Gasteiger charge is -2.30. The van der Waals surface area contributed by atoms with Crippen molar-refractivity contribution >= 4 is 16.8 Å². The Labute approximate surface area is 154 Å². The third-order valence-electron chi connectivity index (χ3n) is 4.79. The molecule has 6 nitrogen and oxygen atoms in total. The van der Waals surface area contributed by atoms with Crippen molar-refractivity contribution in [2.75, 3.05) is 32.1 Å². The molecular weight excluding hydrogens is 338 g/mol. The van der Waals surface area contributed by atoms with Gasteiger partial charge in [0.1, 0.15) is 0 Å². The van der Waals surface area contributed by atoms with Gasteiger partial charge in [-0.25, -0.2) is 0 Å². The van der Waals surface area contributed by atoms with Crippen LogP contribution in [0.25, 0.3) is 0 Å². The molecule has 4 atom stereocenters. The van der Waals surface area contributed by atoms with Crippen LogP contribution in [0.4, 0.5) is 0 Å². The van der Waals surface area contributed by atoms with Crippen LogP contribution in [-0.4, -0.2) is 64.7 Å². The summed E-state index contributed by atoms with van der Waals surface area (Å²) in [6.07, 6.45) is 6.12. The van der Waals surface area contributed by atoms with E-state index >= 15 is 0 Å². The number of hydrogen-bond acceptors (Lipinski definition) is 4. The lowest BCUT2D eigenvalue weighted by Crippen LogP contribution is -2.47. The first-order valence-corrected chi connectivity index (χ1v) is 11.2. The highest BCUT2D eigenvalue weighted by atomic mass is 32.2. The van der Waals surface area contributed by atoms with Gasteiger partial charge in [-0.1, -0.05) is 13.3 Å². The van der Waals surface area contributed by atoms with Gasteiger partial charge >= 0.3 is 0 Å². The number of rotatable bonds is 10. The Bertz CT molecular complexity index is 443. The van der Waals surface area contributed by atoms with Gasteiger partial charge in [0, 0.05) is 41.0 Å². The van der Waals surface area contributed by atoms with Gasteiger partial charge in [0.15, 0.2) is 5.96 Å². The topological polar surface area (TPSA) is 83.0 Å². The molecule has 0 aromatic rings. The van der Waals surface area contributed by atoms with Crippen LogP contribution in [-0.2, 0) is 15.5 Å². The number of nitrogens with zero attached hydrogens (tertiary/aromatic N) is 1. The van der Waals surface area contributed by atoms with E-state index in [1.807, 2.05) is 13.8 Å². The minimum atomic E-state index is -0.723. The van der Waals surface area contributed by atoms with Crippen LogP contribution in [0.3, 0.4) is 0 Å². The van der Waals surface area contributed by atoms with Crippen molar-refractivity contribution in [3.63, 3.8) is 0 Å². The van der Waals surface area contributed by atoms with Crippen molar-refractivity contribution < 1.29 is 14.1 Å². The van der Waals surface area contributed by atoms with E-state index < -0.39 is 16.9 Å². The van der Waals surface area contributed by atoms with Gasteiger partial charge in [0.2, 0.25) is 0 Å². The standard InChI is InChI=1S/C18H35N3O3S/c1-3-19-18(20-11-16(22)13-24-12-14-8-9-14)21-15-6-5-7-17(10-15)25(23)4-2/h14-17,22H,3-13H2,1-2H3,(H2,19,20,21). The van der Waals surface area contributed by atoms with Crippen LogP contribution < -0.4 is 10.6 Å². The van der Waals surface area contributed by atoms with Crippen molar-refractivity contribution in [3.05, 3.63) is 0 Å².